The molecule has 0 unspecified atom stereocenters. The van der Waals surface area contributed by atoms with Gasteiger partial charge in [0.1, 0.15) is 5.75 Å². The molecule has 0 spiro atoms. The minimum Gasteiger partial charge on any atom is -0.494 e. The average Bonchev–Trinajstić information content (AvgIpc) is 3.31. The van der Waals surface area contributed by atoms with Gasteiger partial charge in [-0.1, -0.05) is 24.8 Å². The van der Waals surface area contributed by atoms with Crippen LogP contribution in [0.2, 0.25) is 0 Å². The van der Waals surface area contributed by atoms with Gasteiger partial charge in [0.2, 0.25) is 11.9 Å². The Balaban J connectivity index is 1.23. The molecule has 3 aliphatic carbocycles. The minimum atomic E-state index is -0.269. The van der Waals surface area contributed by atoms with Gasteiger partial charge in [0.05, 0.1) is 29.9 Å². The molecule has 8 rings (SSSR count). The van der Waals surface area contributed by atoms with E-state index in [9.17, 15) is 4.79 Å². The summed E-state index contributed by atoms with van der Waals surface area (Å²) in [5.74, 6) is 1.73. The van der Waals surface area contributed by atoms with Gasteiger partial charge >= 0.3 is 0 Å². The zero-order valence-corrected chi connectivity index (χ0v) is 23.6. The second-order valence-corrected chi connectivity index (χ2v) is 11.6. The van der Waals surface area contributed by atoms with Crippen LogP contribution in [-0.4, -0.2) is 65.7 Å². The first kappa shape index (κ1) is 25.6. The Hall–Kier alpha value is -4.37. The van der Waals surface area contributed by atoms with E-state index in [1.54, 1.807) is 13.3 Å². The molecule has 4 aromatic rings. The molecular weight excluding hydrogens is 514 g/mol. The van der Waals surface area contributed by atoms with Gasteiger partial charge in [-0.2, -0.15) is 0 Å². The lowest BCUT2D eigenvalue weighted by Gasteiger charge is -2.62. The topological polar surface area (TPSA) is 87.5 Å². The maximum atomic E-state index is 12.4. The number of nitrogens with one attached hydrogen (secondary N) is 2. The number of carbonyl (C=O) groups excluding carboxylic acids is 1. The number of hydrogen-bond acceptors (Lipinski definition) is 7. The number of amides is 1. The fourth-order valence-electron chi connectivity index (χ4n) is 6.62. The number of piperazine rings is 1. The number of carbonyl (C=O) groups is 1. The fraction of sp³-hybridized carbons (Fsp3) is 0.344. The number of nitrogens with zero attached hydrogens (tertiary/aromatic N) is 5. The van der Waals surface area contributed by atoms with Crippen LogP contribution in [0.1, 0.15) is 19.3 Å². The maximum absolute atomic E-state index is 12.4. The van der Waals surface area contributed by atoms with E-state index in [4.69, 9.17) is 9.72 Å². The highest BCUT2D eigenvalue weighted by molar-refractivity contribution is 6.02. The second kappa shape index (κ2) is 9.92. The average molecular weight is 550 g/mol. The van der Waals surface area contributed by atoms with Crippen molar-refractivity contribution in [2.45, 2.75) is 24.8 Å². The van der Waals surface area contributed by atoms with Crippen LogP contribution in [0, 0.1) is 5.92 Å². The Morgan fingerprint density at radius 2 is 1.88 bits per heavy atom. The molecule has 1 aliphatic heterocycles. The number of fused-ring (bicyclic) bond motifs is 1. The standard InChI is InChI=1S/C32H35N7O2/c1-4-30(40)34-25-15-26(29(41-3)16-28(25)38-13-11-37(2)12-14-38)36-31-33-10-9-24(35-31)23-20-39(32-17-21(18-32)19-32)27-8-6-5-7-22(23)27/h4-10,15-16,20-21H,1,11-14,17-19H2,2-3H3,(H,34,40)(H,33,35,36). The van der Waals surface area contributed by atoms with Crippen molar-refractivity contribution in [3.63, 3.8) is 0 Å². The molecule has 4 aliphatic rings. The molecule has 2 aromatic heterocycles. The van der Waals surface area contributed by atoms with Gasteiger partial charge in [0.25, 0.3) is 0 Å². The first-order chi connectivity index (χ1) is 20.0. The Bertz CT molecular complexity index is 1640. The van der Waals surface area contributed by atoms with Crippen LogP contribution in [0.15, 0.2) is 67.5 Å². The van der Waals surface area contributed by atoms with Gasteiger partial charge in [0.15, 0.2) is 0 Å². The lowest BCUT2D eigenvalue weighted by Crippen LogP contribution is -2.58. The van der Waals surface area contributed by atoms with Crippen molar-refractivity contribution in [3.8, 4) is 17.0 Å². The zero-order chi connectivity index (χ0) is 28.1. The highest BCUT2D eigenvalue weighted by Gasteiger charge is 2.58. The van der Waals surface area contributed by atoms with Crippen molar-refractivity contribution in [3.05, 3.63) is 67.5 Å². The lowest BCUT2D eigenvalue weighted by molar-refractivity contribution is -0.111. The molecule has 9 nitrogen and oxygen atoms in total. The van der Waals surface area contributed by atoms with Crippen molar-refractivity contribution in [2.75, 3.05) is 55.9 Å². The van der Waals surface area contributed by atoms with Crippen LogP contribution in [-0.2, 0) is 10.3 Å². The molecule has 0 radical (unpaired) electrons. The van der Waals surface area contributed by atoms with Crippen LogP contribution in [0.3, 0.4) is 0 Å². The molecule has 4 fully saturated rings. The third kappa shape index (κ3) is 4.41. The normalized spacial score (nSPS) is 21.6. The maximum Gasteiger partial charge on any atom is 0.247 e. The second-order valence-electron chi connectivity index (χ2n) is 11.6. The van der Waals surface area contributed by atoms with E-state index in [-0.39, 0.29) is 11.4 Å². The van der Waals surface area contributed by atoms with Gasteiger partial charge in [-0.25, -0.2) is 9.97 Å². The van der Waals surface area contributed by atoms with Crippen LogP contribution < -0.4 is 20.3 Å². The van der Waals surface area contributed by atoms with Gasteiger partial charge < -0.3 is 29.7 Å². The molecule has 2 aromatic carbocycles. The Morgan fingerprint density at radius 3 is 2.59 bits per heavy atom. The van der Waals surface area contributed by atoms with Crippen molar-refractivity contribution in [1.82, 2.24) is 19.4 Å². The first-order valence-corrected chi connectivity index (χ1v) is 14.3. The molecule has 2 bridgehead atoms. The van der Waals surface area contributed by atoms with Crippen LogP contribution >= 0.6 is 0 Å². The van der Waals surface area contributed by atoms with Crippen LogP contribution in [0.4, 0.5) is 23.0 Å². The molecule has 0 atom stereocenters. The third-order valence-electron chi connectivity index (χ3n) is 9.01. The van der Waals surface area contributed by atoms with E-state index >= 15 is 0 Å². The summed E-state index contributed by atoms with van der Waals surface area (Å²) in [6, 6.07) is 14.4. The first-order valence-electron chi connectivity index (χ1n) is 14.3. The number of aromatic nitrogens is 3. The summed E-state index contributed by atoms with van der Waals surface area (Å²) in [5.41, 5.74) is 5.76. The van der Waals surface area contributed by atoms with E-state index in [0.717, 1.165) is 49.0 Å². The Kier molecular flexibility index (Phi) is 6.19. The number of anilines is 4. The van der Waals surface area contributed by atoms with E-state index in [2.05, 4.69) is 74.1 Å². The molecule has 1 amide bonds. The molecule has 41 heavy (non-hydrogen) atoms. The molecule has 1 saturated heterocycles. The molecule has 3 heterocycles. The summed E-state index contributed by atoms with van der Waals surface area (Å²) >= 11 is 0. The lowest BCUT2D eigenvalue weighted by atomic mass is 9.49. The van der Waals surface area contributed by atoms with Gasteiger partial charge in [0, 0.05) is 66.6 Å². The molecule has 9 heteroatoms. The summed E-state index contributed by atoms with van der Waals surface area (Å²) in [6.07, 6.45) is 9.16. The van der Waals surface area contributed by atoms with E-state index in [0.29, 0.717) is 23.1 Å². The zero-order valence-electron chi connectivity index (χ0n) is 23.6. The number of rotatable bonds is 8. The number of benzene rings is 2. The number of likely N-dealkylation sites (N-methyl/N-ethyl adjacent to an activating group) is 1. The Morgan fingerprint density at radius 1 is 1.10 bits per heavy atom. The number of para-hydroxylation sites is 1. The minimum absolute atomic E-state index is 0.269. The summed E-state index contributed by atoms with van der Waals surface area (Å²) in [4.78, 5) is 26.4. The fourth-order valence-corrected chi connectivity index (χ4v) is 6.62. The largest absolute Gasteiger partial charge is 0.494 e. The molecular formula is C32H35N7O2. The smallest absolute Gasteiger partial charge is 0.247 e. The quantitative estimate of drug-likeness (QED) is 0.291. The summed E-state index contributed by atoms with van der Waals surface area (Å²) in [6.45, 7) is 7.21. The van der Waals surface area contributed by atoms with Crippen molar-refractivity contribution < 1.29 is 9.53 Å². The molecule has 210 valence electrons. The summed E-state index contributed by atoms with van der Waals surface area (Å²) in [5, 5.41) is 7.54. The van der Waals surface area contributed by atoms with Crippen LogP contribution in [0.25, 0.3) is 22.2 Å². The number of methoxy groups -OCH3 is 1. The summed E-state index contributed by atoms with van der Waals surface area (Å²) < 4.78 is 8.29. The number of hydrogen-bond donors (Lipinski definition) is 2. The van der Waals surface area contributed by atoms with Gasteiger partial charge in [-0.15, -0.1) is 0 Å². The third-order valence-corrected chi connectivity index (χ3v) is 9.01. The van der Waals surface area contributed by atoms with E-state index in [1.807, 2.05) is 18.2 Å². The summed E-state index contributed by atoms with van der Waals surface area (Å²) in [7, 11) is 3.76. The van der Waals surface area contributed by atoms with Gasteiger partial charge in [-0.05, 0) is 56.5 Å². The van der Waals surface area contributed by atoms with E-state index in [1.165, 1.54) is 36.2 Å². The Labute approximate surface area is 239 Å². The molecule has 2 N–H and O–H groups in total. The number of ether oxygens (including phenoxy) is 1. The predicted molar refractivity (Wildman–Crippen MR) is 163 cm³/mol. The highest BCUT2D eigenvalue weighted by Crippen LogP contribution is 2.63. The molecule has 3 saturated carbocycles. The SMILES string of the molecule is C=CC(=O)Nc1cc(Nc2nccc(-c3cn(C45CC(C4)C5)c4ccccc34)n2)c(OC)cc1N1CCN(C)CC1. The van der Waals surface area contributed by atoms with Crippen molar-refractivity contribution in [2.24, 2.45) is 5.92 Å². The van der Waals surface area contributed by atoms with Crippen molar-refractivity contribution in [1.29, 1.82) is 0 Å². The van der Waals surface area contributed by atoms with Crippen LogP contribution in [0.5, 0.6) is 5.75 Å². The van der Waals surface area contributed by atoms with E-state index < -0.39 is 0 Å². The van der Waals surface area contributed by atoms with Crippen molar-refractivity contribution >= 4 is 39.8 Å². The highest BCUT2D eigenvalue weighted by atomic mass is 16.5. The monoisotopic (exact) mass is 549 g/mol. The predicted octanol–water partition coefficient (Wildman–Crippen LogP) is 5.24. The van der Waals surface area contributed by atoms with Gasteiger partial charge in [-0.3, -0.25) is 4.79 Å².